The molecule has 0 aromatic carbocycles. The van der Waals surface area contributed by atoms with Gasteiger partial charge in [0.1, 0.15) is 6.54 Å². The summed E-state index contributed by atoms with van der Waals surface area (Å²) < 4.78 is 11.7. The summed E-state index contributed by atoms with van der Waals surface area (Å²) in [6, 6.07) is -0.119. The van der Waals surface area contributed by atoms with Crippen LogP contribution >= 0.6 is 36.0 Å². The molecule has 0 atom stereocenters. The van der Waals surface area contributed by atoms with Gasteiger partial charge in [-0.1, -0.05) is 55.3 Å². The van der Waals surface area contributed by atoms with Gasteiger partial charge in [-0.15, -0.1) is 0 Å². The molecule has 0 N–H and O–H groups in total. The first-order chi connectivity index (χ1) is 8.43. The van der Waals surface area contributed by atoms with Crippen LogP contribution in [-0.2, 0) is 4.79 Å². The maximum Gasteiger partial charge on any atom is 0.337 e. The van der Waals surface area contributed by atoms with Crippen molar-refractivity contribution in [2.24, 2.45) is 0 Å². The summed E-state index contributed by atoms with van der Waals surface area (Å²) in [5.41, 5.74) is 0. The van der Waals surface area contributed by atoms with Crippen molar-refractivity contribution in [2.75, 3.05) is 6.54 Å². The smallest absolute Gasteiger partial charge is 0.272 e. The van der Waals surface area contributed by atoms with E-state index in [1.54, 1.807) is 0 Å². The molecule has 4 nitrogen and oxygen atoms in total. The zero-order valence-electron chi connectivity index (χ0n) is 9.69. The largest absolute Gasteiger partial charge is 0.337 e. The molecule has 1 aliphatic heterocycles. The number of rotatable bonds is 1. The molecule has 2 rings (SSSR count). The molecule has 1 saturated heterocycles. The molecular weight excluding hydrogens is 302 g/mol. The van der Waals surface area contributed by atoms with Gasteiger partial charge in [0.15, 0.2) is 0 Å². The number of alkyl halides is 3. The number of hydrogen-bond donors (Lipinski definition) is 1. The third-order valence-corrected chi connectivity index (χ3v) is 3.23. The quantitative estimate of drug-likeness (QED) is 0.458. The van der Waals surface area contributed by atoms with Gasteiger partial charge in [-0.2, -0.15) is 0 Å². The highest BCUT2D eigenvalue weighted by Gasteiger charge is 2.39. The first kappa shape index (κ1) is 15.9. The average Bonchev–Trinajstić information content (AvgIpc) is 2.53. The Morgan fingerprint density at radius 1 is 1.22 bits per heavy atom. The van der Waals surface area contributed by atoms with Gasteiger partial charge in [0.05, 0.1) is 0 Å². The zero-order chi connectivity index (χ0) is 13.7. The maximum atomic E-state index is 11.6. The van der Waals surface area contributed by atoms with E-state index in [1.807, 2.05) is 0 Å². The van der Waals surface area contributed by atoms with Crippen LogP contribution < -0.4 is 0 Å². The first-order valence-electron chi connectivity index (χ1n) is 5.68. The van der Waals surface area contributed by atoms with Crippen molar-refractivity contribution in [3.05, 3.63) is 0 Å². The molecule has 1 heterocycles. The van der Waals surface area contributed by atoms with E-state index < -0.39 is 5.09 Å². The fourth-order valence-electron chi connectivity index (χ4n) is 2.20. The molecule has 1 saturated carbocycles. The Morgan fingerprint density at radius 2 is 1.72 bits per heavy atom. The molecule has 0 aromatic rings. The van der Waals surface area contributed by atoms with Crippen molar-refractivity contribution in [1.29, 1.82) is 0 Å². The molecule has 104 valence electrons. The van der Waals surface area contributed by atoms with Gasteiger partial charge in [0.25, 0.3) is 5.91 Å². The summed E-state index contributed by atoms with van der Waals surface area (Å²) in [4.78, 5) is 24.5. The van der Waals surface area contributed by atoms with Crippen molar-refractivity contribution in [1.82, 2.24) is 9.21 Å². The summed E-state index contributed by atoms with van der Waals surface area (Å²) in [7, 11) is 0. The highest BCUT2D eigenvalue weighted by Crippen LogP contribution is 2.26. The minimum absolute atomic E-state index is 0.100. The van der Waals surface area contributed by atoms with Gasteiger partial charge in [-0.3, -0.25) is 14.0 Å². The summed E-state index contributed by atoms with van der Waals surface area (Å²) in [5, 5.41) is -1.72. The van der Waals surface area contributed by atoms with Crippen molar-refractivity contribution in [3.8, 4) is 0 Å². The van der Waals surface area contributed by atoms with Gasteiger partial charge in [-0.05, 0) is 12.8 Å². The van der Waals surface area contributed by atoms with E-state index in [4.69, 9.17) is 0 Å². The van der Waals surface area contributed by atoms with E-state index in [0.717, 1.165) is 25.7 Å². The average molecular weight is 317 g/mol. The number of urea groups is 1. The van der Waals surface area contributed by atoms with E-state index in [1.165, 1.54) is 15.6 Å². The number of carbonyl (C=O) groups is 2. The second kappa shape index (κ2) is 7.40. The number of thiol groups is 1. The van der Waals surface area contributed by atoms with E-state index >= 15 is 0 Å². The molecule has 2 aliphatic rings. The predicted octanol–water partition coefficient (Wildman–Crippen LogP) is 3.15. The third kappa shape index (κ3) is 4.48. The third-order valence-electron chi connectivity index (χ3n) is 2.92. The Labute approximate surface area is 121 Å². The molecule has 0 spiro atoms. The van der Waals surface area contributed by atoms with Crippen LogP contribution in [0.25, 0.3) is 0 Å². The van der Waals surface area contributed by atoms with Crippen molar-refractivity contribution < 1.29 is 14.0 Å². The van der Waals surface area contributed by atoms with Crippen molar-refractivity contribution in [3.63, 3.8) is 0 Å². The fourth-order valence-corrected chi connectivity index (χ4v) is 2.42. The molecule has 0 radical (unpaired) electrons. The Morgan fingerprint density at radius 3 is 2.11 bits per heavy atom. The molecule has 0 unspecified atom stereocenters. The second-order valence-electron chi connectivity index (χ2n) is 4.14. The maximum absolute atomic E-state index is 11.6. The molecule has 3 amide bonds. The van der Waals surface area contributed by atoms with Crippen LogP contribution in [0.15, 0.2) is 0 Å². The van der Waals surface area contributed by atoms with Crippen LogP contribution in [-0.4, -0.2) is 38.8 Å². The number of halogens is 3. The van der Waals surface area contributed by atoms with E-state index in [-0.39, 0.29) is 24.5 Å². The van der Waals surface area contributed by atoms with Crippen molar-refractivity contribution >= 4 is 48.0 Å². The lowest BCUT2D eigenvalue weighted by Gasteiger charge is -2.28. The highest BCUT2D eigenvalue weighted by molar-refractivity contribution is 7.78. The van der Waals surface area contributed by atoms with Gasteiger partial charge >= 0.3 is 6.03 Å². The Kier molecular flexibility index (Phi) is 6.52. The van der Waals surface area contributed by atoms with Crippen LogP contribution in [0.5, 0.6) is 0 Å². The monoisotopic (exact) mass is 316 g/mol. The molecule has 1 aliphatic carbocycles. The molecule has 0 aromatic heterocycles. The first-order valence-corrected chi connectivity index (χ1v) is 6.95. The topological polar surface area (TPSA) is 40.6 Å². The summed E-state index contributed by atoms with van der Waals surface area (Å²) in [6.45, 7) is 0.123. The van der Waals surface area contributed by atoms with Gasteiger partial charge < -0.3 is 0 Å². The summed E-state index contributed by atoms with van der Waals surface area (Å²) >= 11 is 12.7. The van der Waals surface area contributed by atoms with Crippen LogP contribution in [0.3, 0.4) is 0 Å². The molecular formula is C10H15Cl2FN2O2S. The minimum Gasteiger partial charge on any atom is -0.272 e. The standard InChI is InChI=1S/C9H14N2O2S.CHCl2F/c12-8-6-10(14)9(13)11(8)7-4-2-1-3-5-7;2-1(3)4/h7,14H,1-6H2;1H. The lowest BCUT2D eigenvalue weighted by atomic mass is 9.94. The molecule has 8 heteroatoms. The lowest BCUT2D eigenvalue weighted by Crippen LogP contribution is -2.41. The predicted molar refractivity (Wildman–Crippen MR) is 71.4 cm³/mol. The zero-order valence-corrected chi connectivity index (χ0v) is 12.1. The minimum atomic E-state index is -1.72. The Hall–Kier alpha value is -0.200. The van der Waals surface area contributed by atoms with Gasteiger partial charge in [0.2, 0.25) is 5.09 Å². The second-order valence-corrected chi connectivity index (χ2v) is 5.62. The van der Waals surface area contributed by atoms with Crippen LogP contribution in [0.4, 0.5) is 9.18 Å². The number of hydrogen-bond acceptors (Lipinski definition) is 3. The molecule has 18 heavy (non-hydrogen) atoms. The summed E-state index contributed by atoms with van der Waals surface area (Å²) in [6.07, 6.45) is 5.37. The molecule has 2 fully saturated rings. The molecule has 0 bridgehead atoms. The lowest BCUT2D eigenvalue weighted by molar-refractivity contribution is -0.127. The number of amides is 3. The highest BCUT2D eigenvalue weighted by atomic mass is 35.5. The van der Waals surface area contributed by atoms with Crippen LogP contribution in [0.2, 0.25) is 0 Å². The van der Waals surface area contributed by atoms with E-state index in [9.17, 15) is 14.0 Å². The van der Waals surface area contributed by atoms with Gasteiger partial charge in [0, 0.05) is 6.04 Å². The Bertz CT molecular complexity index is 311. The SMILES string of the molecule is FC(Cl)Cl.O=C1CN(S)C(=O)N1C1CCCCC1. The number of nitrogens with zero attached hydrogens (tertiary/aromatic N) is 2. The Balaban J connectivity index is 0.000000357. The number of imide groups is 1. The fraction of sp³-hybridized carbons (Fsp3) is 0.800. The normalized spacial score (nSPS) is 21.4. The van der Waals surface area contributed by atoms with E-state index in [2.05, 4.69) is 36.0 Å². The number of carbonyl (C=O) groups excluding carboxylic acids is 2. The van der Waals surface area contributed by atoms with Crippen molar-refractivity contribution in [2.45, 2.75) is 43.2 Å². The van der Waals surface area contributed by atoms with E-state index in [0.29, 0.717) is 0 Å². The van der Waals surface area contributed by atoms with Crippen LogP contribution in [0.1, 0.15) is 32.1 Å². The summed E-state index contributed by atoms with van der Waals surface area (Å²) in [5.74, 6) is -0.100. The van der Waals surface area contributed by atoms with Gasteiger partial charge in [-0.25, -0.2) is 9.18 Å². The van der Waals surface area contributed by atoms with Crippen LogP contribution in [0, 0.1) is 0 Å².